The molecule has 0 aliphatic rings. The predicted molar refractivity (Wildman–Crippen MR) is 74.9 cm³/mol. The topological polar surface area (TPSA) is 49.3 Å². The van der Waals surface area contributed by atoms with Crippen molar-refractivity contribution in [3.05, 3.63) is 58.1 Å². The monoisotopic (exact) mass is 305 g/mol. The van der Waals surface area contributed by atoms with Crippen LogP contribution < -0.4 is 5.32 Å². The van der Waals surface area contributed by atoms with Crippen molar-refractivity contribution in [3.8, 4) is 5.75 Å². The quantitative estimate of drug-likeness (QED) is 0.888. The Bertz CT molecular complexity index is 596. The van der Waals surface area contributed by atoms with Crippen LogP contribution in [0.25, 0.3) is 0 Å². The SMILES string of the molecule is Cc1cc(NC(=O)c2cccc(O)c2)ccc1Br. The summed E-state index contributed by atoms with van der Waals surface area (Å²) in [6, 6.07) is 11.8. The van der Waals surface area contributed by atoms with Crippen molar-refractivity contribution >= 4 is 27.5 Å². The van der Waals surface area contributed by atoms with Crippen LogP contribution in [0.3, 0.4) is 0 Å². The lowest BCUT2D eigenvalue weighted by molar-refractivity contribution is 0.102. The van der Waals surface area contributed by atoms with Crippen molar-refractivity contribution in [1.82, 2.24) is 0 Å². The summed E-state index contributed by atoms with van der Waals surface area (Å²) in [6.07, 6.45) is 0. The highest BCUT2D eigenvalue weighted by molar-refractivity contribution is 9.10. The van der Waals surface area contributed by atoms with Gasteiger partial charge in [-0.05, 0) is 48.9 Å². The number of halogens is 1. The smallest absolute Gasteiger partial charge is 0.255 e. The van der Waals surface area contributed by atoms with E-state index in [1.54, 1.807) is 12.1 Å². The molecule has 0 bridgehead atoms. The van der Waals surface area contributed by atoms with Crippen molar-refractivity contribution in [2.45, 2.75) is 6.92 Å². The van der Waals surface area contributed by atoms with Crippen molar-refractivity contribution < 1.29 is 9.90 Å². The number of hydrogen-bond acceptors (Lipinski definition) is 2. The number of carbonyl (C=O) groups is 1. The number of phenols is 1. The summed E-state index contributed by atoms with van der Waals surface area (Å²) in [6.45, 7) is 1.95. The van der Waals surface area contributed by atoms with E-state index in [1.165, 1.54) is 12.1 Å². The van der Waals surface area contributed by atoms with Crippen LogP contribution in [0.4, 0.5) is 5.69 Å². The first-order valence-corrected chi connectivity index (χ1v) is 6.22. The van der Waals surface area contributed by atoms with Crippen LogP contribution in [-0.2, 0) is 0 Å². The Labute approximate surface area is 114 Å². The van der Waals surface area contributed by atoms with Gasteiger partial charge in [-0.2, -0.15) is 0 Å². The first-order valence-electron chi connectivity index (χ1n) is 5.43. The average molecular weight is 306 g/mol. The number of aryl methyl sites for hydroxylation is 1. The number of amides is 1. The van der Waals surface area contributed by atoms with E-state index < -0.39 is 0 Å². The van der Waals surface area contributed by atoms with E-state index in [9.17, 15) is 9.90 Å². The lowest BCUT2D eigenvalue weighted by Crippen LogP contribution is -2.11. The van der Waals surface area contributed by atoms with Gasteiger partial charge in [0.15, 0.2) is 0 Å². The second-order valence-electron chi connectivity index (χ2n) is 3.97. The maximum atomic E-state index is 11.9. The van der Waals surface area contributed by atoms with E-state index in [0.717, 1.165) is 15.7 Å². The molecule has 1 amide bonds. The minimum absolute atomic E-state index is 0.0784. The van der Waals surface area contributed by atoms with Gasteiger partial charge < -0.3 is 10.4 Å². The average Bonchev–Trinajstić information content (AvgIpc) is 2.34. The molecule has 4 heteroatoms. The van der Waals surface area contributed by atoms with Gasteiger partial charge in [0.1, 0.15) is 5.75 Å². The van der Waals surface area contributed by atoms with Gasteiger partial charge in [-0.25, -0.2) is 0 Å². The van der Waals surface area contributed by atoms with Crippen molar-refractivity contribution in [2.75, 3.05) is 5.32 Å². The van der Waals surface area contributed by atoms with Crippen LogP contribution >= 0.6 is 15.9 Å². The Morgan fingerprint density at radius 3 is 2.67 bits per heavy atom. The van der Waals surface area contributed by atoms with Crippen molar-refractivity contribution in [1.29, 1.82) is 0 Å². The number of benzene rings is 2. The summed E-state index contributed by atoms with van der Waals surface area (Å²) in [5, 5.41) is 12.1. The third kappa shape index (κ3) is 2.90. The molecule has 3 nitrogen and oxygen atoms in total. The van der Waals surface area contributed by atoms with Gasteiger partial charge in [-0.3, -0.25) is 4.79 Å². The lowest BCUT2D eigenvalue weighted by atomic mass is 10.2. The molecule has 0 atom stereocenters. The highest BCUT2D eigenvalue weighted by Crippen LogP contribution is 2.21. The molecule has 2 rings (SSSR count). The van der Waals surface area contributed by atoms with Crippen LogP contribution in [0.5, 0.6) is 5.75 Å². The Kier molecular flexibility index (Phi) is 3.67. The van der Waals surface area contributed by atoms with Gasteiger partial charge in [0, 0.05) is 15.7 Å². The first kappa shape index (κ1) is 12.6. The fourth-order valence-electron chi connectivity index (χ4n) is 1.57. The number of phenolic OH excluding ortho intramolecular Hbond substituents is 1. The molecule has 0 aliphatic heterocycles. The molecule has 18 heavy (non-hydrogen) atoms. The van der Waals surface area contributed by atoms with E-state index in [-0.39, 0.29) is 11.7 Å². The summed E-state index contributed by atoms with van der Waals surface area (Å²) in [5.41, 5.74) is 2.20. The molecule has 0 heterocycles. The normalized spacial score (nSPS) is 10.1. The molecule has 2 aromatic carbocycles. The van der Waals surface area contributed by atoms with Gasteiger partial charge in [-0.15, -0.1) is 0 Å². The van der Waals surface area contributed by atoms with Crippen LogP contribution in [0, 0.1) is 6.92 Å². The molecule has 92 valence electrons. The Hall–Kier alpha value is -1.81. The first-order chi connectivity index (χ1) is 8.56. The molecule has 0 spiro atoms. The van der Waals surface area contributed by atoms with Crippen LogP contribution in [-0.4, -0.2) is 11.0 Å². The summed E-state index contributed by atoms with van der Waals surface area (Å²) < 4.78 is 0.998. The van der Waals surface area contributed by atoms with Gasteiger partial charge in [0.25, 0.3) is 5.91 Å². The zero-order valence-corrected chi connectivity index (χ0v) is 11.4. The zero-order chi connectivity index (χ0) is 13.1. The Morgan fingerprint density at radius 2 is 2.00 bits per heavy atom. The van der Waals surface area contributed by atoms with E-state index in [4.69, 9.17) is 0 Å². The predicted octanol–water partition coefficient (Wildman–Crippen LogP) is 3.72. The maximum absolute atomic E-state index is 11.9. The molecule has 0 saturated carbocycles. The zero-order valence-electron chi connectivity index (χ0n) is 9.77. The van der Waals surface area contributed by atoms with Crippen LogP contribution in [0.1, 0.15) is 15.9 Å². The molecule has 0 radical (unpaired) electrons. The summed E-state index contributed by atoms with van der Waals surface area (Å²) in [5.74, 6) is -0.165. The van der Waals surface area contributed by atoms with Crippen LogP contribution in [0.2, 0.25) is 0 Å². The largest absolute Gasteiger partial charge is 0.508 e. The van der Waals surface area contributed by atoms with E-state index in [1.807, 2.05) is 25.1 Å². The molecule has 0 unspecified atom stereocenters. The molecule has 0 aliphatic carbocycles. The number of nitrogens with one attached hydrogen (secondary N) is 1. The molecular formula is C14H12BrNO2. The number of carbonyl (C=O) groups excluding carboxylic acids is 1. The Morgan fingerprint density at radius 1 is 1.22 bits per heavy atom. The van der Waals surface area contributed by atoms with E-state index in [2.05, 4.69) is 21.2 Å². The van der Waals surface area contributed by atoms with Gasteiger partial charge in [0.2, 0.25) is 0 Å². The maximum Gasteiger partial charge on any atom is 0.255 e. The second kappa shape index (κ2) is 5.23. The standard InChI is InChI=1S/C14H12BrNO2/c1-9-7-11(5-6-13(9)15)16-14(18)10-3-2-4-12(17)8-10/h2-8,17H,1H3,(H,16,18). The second-order valence-corrected chi connectivity index (χ2v) is 4.82. The van der Waals surface area contributed by atoms with Crippen molar-refractivity contribution in [2.24, 2.45) is 0 Å². The van der Waals surface area contributed by atoms with E-state index in [0.29, 0.717) is 5.56 Å². The number of rotatable bonds is 2. The lowest BCUT2D eigenvalue weighted by Gasteiger charge is -2.07. The highest BCUT2D eigenvalue weighted by Gasteiger charge is 2.07. The molecule has 0 fully saturated rings. The molecular weight excluding hydrogens is 294 g/mol. The Balaban J connectivity index is 2.18. The van der Waals surface area contributed by atoms with Gasteiger partial charge in [0.05, 0.1) is 0 Å². The number of anilines is 1. The van der Waals surface area contributed by atoms with E-state index >= 15 is 0 Å². The van der Waals surface area contributed by atoms with Crippen LogP contribution in [0.15, 0.2) is 46.9 Å². The molecule has 2 N–H and O–H groups in total. The summed E-state index contributed by atoms with van der Waals surface area (Å²) in [4.78, 5) is 11.9. The van der Waals surface area contributed by atoms with Gasteiger partial charge >= 0.3 is 0 Å². The molecule has 2 aromatic rings. The van der Waals surface area contributed by atoms with Gasteiger partial charge in [-0.1, -0.05) is 22.0 Å². The molecule has 0 saturated heterocycles. The molecule has 0 aromatic heterocycles. The number of aromatic hydroxyl groups is 1. The minimum atomic E-state index is -0.243. The highest BCUT2D eigenvalue weighted by atomic mass is 79.9. The summed E-state index contributed by atoms with van der Waals surface area (Å²) >= 11 is 3.40. The summed E-state index contributed by atoms with van der Waals surface area (Å²) in [7, 11) is 0. The third-order valence-corrected chi connectivity index (χ3v) is 3.41. The fraction of sp³-hybridized carbons (Fsp3) is 0.0714. The number of hydrogen-bond donors (Lipinski definition) is 2. The fourth-order valence-corrected chi connectivity index (χ4v) is 1.82. The minimum Gasteiger partial charge on any atom is -0.508 e. The van der Waals surface area contributed by atoms with Crippen molar-refractivity contribution in [3.63, 3.8) is 0 Å². The third-order valence-electron chi connectivity index (χ3n) is 2.52.